The number of hydrogen-bond acceptors (Lipinski definition) is 3. The molecule has 2 rings (SSSR count). The summed E-state index contributed by atoms with van der Waals surface area (Å²) >= 11 is 1.74. The lowest BCUT2D eigenvalue weighted by Gasteiger charge is -2.25. The normalized spacial score (nSPS) is 23.3. The van der Waals surface area contributed by atoms with Crippen molar-refractivity contribution < 1.29 is 4.79 Å². The monoisotopic (exact) mass is 280 g/mol. The van der Waals surface area contributed by atoms with Crippen LogP contribution in [0.4, 0.5) is 0 Å². The molecule has 19 heavy (non-hydrogen) atoms. The molecule has 1 amide bonds. The summed E-state index contributed by atoms with van der Waals surface area (Å²) in [7, 11) is 0. The van der Waals surface area contributed by atoms with Gasteiger partial charge >= 0.3 is 0 Å². The number of rotatable bonds is 5. The van der Waals surface area contributed by atoms with E-state index in [0.29, 0.717) is 18.5 Å². The molecule has 4 heteroatoms. The van der Waals surface area contributed by atoms with Crippen molar-refractivity contribution in [2.24, 2.45) is 0 Å². The Morgan fingerprint density at radius 3 is 2.79 bits per heavy atom. The maximum Gasteiger partial charge on any atom is 0.237 e. The molecule has 1 aliphatic heterocycles. The van der Waals surface area contributed by atoms with Gasteiger partial charge in [0, 0.05) is 18.5 Å². The Morgan fingerprint density at radius 1 is 1.47 bits per heavy atom. The molecule has 0 spiro atoms. The summed E-state index contributed by atoms with van der Waals surface area (Å²) in [4.78, 5) is 16.6. The number of likely N-dealkylation sites (N-methyl/N-ethyl adjacent to an activating group) is 1. The summed E-state index contributed by atoms with van der Waals surface area (Å²) in [5, 5.41) is 4.34. The van der Waals surface area contributed by atoms with Crippen molar-refractivity contribution in [3.05, 3.63) is 22.4 Å². The highest BCUT2D eigenvalue weighted by Crippen LogP contribution is 2.32. The summed E-state index contributed by atoms with van der Waals surface area (Å²) in [6.45, 7) is 9.73. The number of carbonyl (C=O) groups excluding carboxylic acids is 1. The van der Waals surface area contributed by atoms with Gasteiger partial charge in [-0.2, -0.15) is 11.3 Å². The molecule has 0 unspecified atom stereocenters. The fourth-order valence-corrected chi connectivity index (χ4v) is 3.60. The van der Waals surface area contributed by atoms with E-state index in [2.05, 4.69) is 47.4 Å². The minimum Gasteiger partial charge on any atom is -0.338 e. The van der Waals surface area contributed by atoms with Gasteiger partial charge in [-0.3, -0.25) is 9.69 Å². The van der Waals surface area contributed by atoms with E-state index >= 15 is 0 Å². The van der Waals surface area contributed by atoms with Crippen LogP contribution in [0.2, 0.25) is 0 Å². The summed E-state index contributed by atoms with van der Waals surface area (Å²) in [5.74, 6) is 0.816. The van der Waals surface area contributed by atoms with Gasteiger partial charge in [0.05, 0.1) is 6.54 Å². The maximum atomic E-state index is 12.4. The average Bonchev–Trinajstić information content (AvgIpc) is 3.04. The van der Waals surface area contributed by atoms with E-state index < -0.39 is 0 Å². The Kier molecular flexibility index (Phi) is 4.99. The second kappa shape index (κ2) is 6.53. The van der Waals surface area contributed by atoms with E-state index in [1.165, 1.54) is 5.56 Å². The number of likely N-dealkylation sites (tertiary alicyclic amines) is 1. The number of carbonyl (C=O) groups is 1. The van der Waals surface area contributed by atoms with E-state index in [0.717, 1.165) is 26.1 Å². The van der Waals surface area contributed by atoms with Crippen molar-refractivity contribution in [2.75, 3.05) is 26.2 Å². The van der Waals surface area contributed by atoms with Crippen LogP contribution in [0.25, 0.3) is 0 Å². The van der Waals surface area contributed by atoms with Gasteiger partial charge in [-0.05, 0) is 48.8 Å². The van der Waals surface area contributed by atoms with Gasteiger partial charge in [0.1, 0.15) is 0 Å². The van der Waals surface area contributed by atoms with Gasteiger partial charge in [-0.1, -0.05) is 13.8 Å². The second-order valence-corrected chi connectivity index (χ2v) is 6.13. The molecular formula is C15H24N2OS. The lowest BCUT2D eigenvalue weighted by molar-refractivity contribution is -0.132. The van der Waals surface area contributed by atoms with Crippen LogP contribution < -0.4 is 0 Å². The molecule has 0 aliphatic carbocycles. The van der Waals surface area contributed by atoms with E-state index in [-0.39, 0.29) is 5.91 Å². The number of hydrogen-bond donors (Lipinski definition) is 0. The fraction of sp³-hybridized carbons (Fsp3) is 0.667. The zero-order chi connectivity index (χ0) is 13.8. The largest absolute Gasteiger partial charge is 0.338 e. The number of amides is 1. The first-order valence-electron chi connectivity index (χ1n) is 7.19. The molecule has 0 aromatic carbocycles. The zero-order valence-corrected chi connectivity index (χ0v) is 12.9. The van der Waals surface area contributed by atoms with Crippen LogP contribution in [0.15, 0.2) is 16.8 Å². The lowest BCUT2D eigenvalue weighted by atomic mass is 10.00. The van der Waals surface area contributed by atoms with Gasteiger partial charge in [0.15, 0.2) is 0 Å². The third-order valence-electron chi connectivity index (χ3n) is 4.16. The highest BCUT2D eigenvalue weighted by Gasteiger charge is 2.33. The minimum absolute atomic E-state index is 0.286. The molecule has 0 saturated carbocycles. The van der Waals surface area contributed by atoms with Crippen LogP contribution in [-0.2, 0) is 4.79 Å². The fourth-order valence-electron chi connectivity index (χ4n) is 2.86. The summed E-state index contributed by atoms with van der Waals surface area (Å²) in [5.41, 5.74) is 1.40. The van der Waals surface area contributed by atoms with E-state index in [4.69, 9.17) is 0 Å². The van der Waals surface area contributed by atoms with E-state index in [1.807, 2.05) is 0 Å². The Labute approximate surface area is 120 Å². The molecule has 2 atom stereocenters. The van der Waals surface area contributed by atoms with Gasteiger partial charge in [0.2, 0.25) is 5.91 Å². The maximum absolute atomic E-state index is 12.4. The second-order valence-electron chi connectivity index (χ2n) is 5.35. The molecule has 1 saturated heterocycles. The van der Waals surface area contributed by atoms with Crippen LogP contribution in [0, 0.1) is 0 Å². The van der Waals surface area contributed by atoms with Crippen molar-refractivity contribution in [1.29, 1.82) is 0 Å². The molecule has 106 valence electrons. The highest BCUT2D eigenvalue weighted by atomic mass is 32.1. The topological polar surface area (TPSA) is 23.6 Å². The predicted molar refractivity (Wildman–Crippen MR) is 80.6 cm³/mol. The van der Waals surface area contributed by atoms with Crippen LogP contribution in [0.1, 0.15) is 38.7 Å². The van der Waals surface area contributed by atoms with Crippen LogP contribution in [-0.4, -0.2) is 47.9 Å². The standard InChI is InChI=1S/C15H24N2OS/c1-4-16(5-2)10-15(18)17-9-14(8-12(17)3)13-6-7-19-11-13/h6-7,11-12,14H,4-5,8-10H2,1-3H3/t12-,14+/m1/s1. The summed E-state index contributed by atoms with van der Waals surface area (Å²) in [6, 6.07) is 2.56. The van der Waals surface area contributed by atoms with Crippen molar-refractivity contribution in [3.63, 3.8) is 0 Å². The molecule has 3 nitrogen and oxygen atoms in total. The smallest absolute Gasteiger partial charge is 0.237 e. The molecule has 1 aromatic rings. The van der Waals surface area contributed by atoms with Crippen molar-refractivity contribution in [1.82, 2.24) is 9.80 Å². The summed E-state index contributed by atoms with van der Waals surface area (Å²) in [6.07, 6.45) is 1.10. The number of nitrogens with zero attached hydrogens (tertiary/aromatic N) is 2. The number of thiophene rings is 1. The van der Waals surface area contributed by atoms with Crippen LogP contribution >= 0.6 is 11.3 Å². The lowest BCUT2D eigenvalue weighted by Crippen LogP contribution is -2.41. The molecular weight excluding hydrogens is 256 g/mol. The predicted octanol–water partition coefficient (Wildman–Crippen LogP) is 2.79. The summed E-state index contributed by atoms with van der Waals surface area (Å²) < 4.78 is 0. The first-order valence-corrected chi connectivity index (χ1v) is 8.13. The third-order valence-corrected chi connectivity index (χ3v) is 4.86. The first kappa shape index (κ1) is 14.5. The van der Waals surface area contributed by atoms with Crippen molar-refractivity contribution >= 4 is 17.2 Å². The molecule has 1 aliphatic rings. The van der Waals surface area contributed by atoms with Crippen LogP contribution in [0.5, 0.6) is 0 Å². The van der Waals surface area contributed by atoms with Gasteiger partial charge in [-0.15, -0.1) is 0 Å². The van der Waals surface area contributed by atoms with Crippen molar-refractivity contribution in [2.45, 2.75) is 39.2 Å². The van der Waals surface area contributed by atoms with Gasteiger partial charge in [0.25, 0.3) is 0 Å². The molecule has 1 aromatic heterocycles. The molecule has 0 bridgehead atoms. The first-order chi connectivity index (χ1) is 9.15. The van der Waals surface area contributed by atoms with Crippen molar-refractivity contribution in [3.8, 4) is 0 Å². The minimum atomic E-state index is 0.286. The Balaban J connectivity index is 1.96. The zero-order valence-electron chi connectivity index (χ0n) is 12.1. The highest BCUT2D eigenvalue weighted by molar-refractivity contribution is 7.07. The Morgan fingerprint density at radius 2 is 2.21 bits per heavy atom. The Hall–Kier alpha value is -0.870. The molecule has 2 heterocycles. The quantitative estimate of drug-likeness (QED) is 0.828. The molecule has 0 radical (unpaired) electrons. The molecule has 1 fully saturated rings. The van der Waals surface area contributed by atoms with Gasteiger partial charge < -0.3 is 4.90 Å². The Bertz CT molecular complexity index is 400. The van der Waals surface area contributed by atoms with E-state index in [1.54, 1.807) is 11.3 Å². The molecule has 0 N–H and O–H groups in total. The van der Waals surface area contributed by atoms with E-state index in [9.17, 15) is 4.79 Å². The van der Waals surface area contributed by atoms with Gasteiger partial charge in [-0.25, -0.2) is 0 Å². The average molecular weight is 280 g/mol. The van der Waals surface area contributed by atoms with Crippen LogP contribution in [0.3, 0.4) is 0 Å². The third kappa shape index (κ3) is 3.37. The SMILES string of the molecule is CCN(CC)CC(=O)N1C[C@@H](c2ccsc2)C[C@H]1C.